The zero-order valence-electron chi connectivity index (χ0n) is 14.7. The molecule has 1 N–H and O–H groups in total. The van der Waals surface area contributed by atoms with E-state index in [9.17, 15) is 0 Å². The summed E-state index contributed by atoms with van der Waals surface area (Å²) >= 11 is 6.38. The van der Waals surface area contributed by atoms with Crippen molar-refractivity contribution in [2.24, 2.45) is 7.05 Å². The van der Waals surface area contributed by atoms with Crippen LogP contribution in [-0.4, -0.2) is 27.9 Å². The van der Waals surface area contributed by atoms with Crippen LogP contribution in [-0.2, 0) is 20.1 Å². The summed E-state index contributed by atoms with van der Waals surface area (Å²) in [4.78, 5) is 6.95. The normalized spacial score (nSPS) is 14.8. The van der Waals surface area contributed by atoms with Crippen molar-refractivity contribution in [2.75, 3.05) is 18.0 Å². The molecule has 0 saturated carbocycles. The van der Waals surface area contributed by atoms with Crippen molar-refractivity contribution < 1.29 is 0 Å². The van der Waals surface area contributed by atoms with Crippen molar-refractivity contribution in [1.29, 1.82) is 0 Å². The smallest absolute Gasteiger partial charge is 0.131 e. The Labute approximate surface area is 149 Å². The number of nitrogens with zero attached hydrogens (tertiary/aromatic N) is 4. The number of rotatable bonds is 6. The highest BCUT2D eigenvalue weighted by Gasteiger charge is 2.17. The summed E-state index contributed by atoms with van der Waals surface area (Å²) in [7, 11) is 1.89. The van der Waals surface area contributed by atoms with Crippen molar-refractivity contribution in [3.8, 4) is 0 Å². The van der Waals surface area contributed by atoms with E-state index in [1.54, 1.807) is 4.68 Å². The van der Waals surface area contributed by atoms with Crippen LogP contribution in [0.25, 0.3) is 0 Å². The summed E-state index contributed by atoms with van der Waals surface area (Å²) in [5.74, 6) is 1.45. The Bertz CT molecular complexity index is 671. The van der Waals surface area contributed by atoms with Gasteiger partial charge in [-0.3, -0.25) is 4.68 Å². The number of aromatic nitrogens is 3. The number of anilines is 1. The summed E-state index contributed by atoms with van der Waals surface area (Å²) in [6, 6.07) is 4.28. The number of nitrogens with one attached hydrogen (secondary N) is 1. The van der Waals surface area contributed by atoms with Crippen LogP contribution < -0.4 is 10.2 Å². The minimum Gasteiger partial charge on any atom is -0.357 e. The fourth-order valence-corrected chi connectivity index (χ4v) is 3.38. The first-order chi connectivity index (χ1) is 11.6. The average Bonchev–Trinajstić information content (AvgIpc) is 3.19. The molecule has 6 heteroatoms. The van der Waals surface area contributed by atoms with E-state index < -0.39 is 0 Å². The summed E-state index contributed by atoms with van der Waals surface area (Å²) in [6.45, 7) is 8.03. The van der Waals surface area contributed by atoms with E-state index in [4.69, 9.17) is 11.6 Å². The van der Waals surface area contributed by atoms with Crippen LogP contribution in [0.3, 0.4) is 0 Å². The Kier molecular flexibility index (Phi) is 5.41. The van der Waals surface area contributed by atoms with Gasteiger partial charge in [0.2, 0.25) is 0 Å². The van der Waals surface area contributed by atoms with Gasteiger partial charge in [-0.25, -0.2) is 4.98 Å². The maximum atomic E-state index is 6.38. The van der Waals surface area contributed by atoms with Gasteiger partial charge in [-0.05, 0) is 30.4 Å². The predicted octanol–water partition coefficient (Wildman–Crippen LogP) is 3.48. The number of hydrogen-bond acceptors (Lipinski definition) is 4. The van der Waals surface area contributed by atoms with Gasteiger partial charge in [0.15, 0.2) is 0 Å². The lowest BCUT2D eigenvalue weighted by Gasteiger charge is -2.16. The lowest BCUT2D eigenvalue weighted by atomic mass is 10.1. The highest BCUT2D eigenvalue weighted by atomic mass is 35.5. The third-order valence-electron chi connectivity index (χ3n) is 4.52. The Balaban J connectivity index is 1.58. The first-order valence-corrected chi connectivity index (χ1v) is 9.06. The molecule has 1 saturated heterocycles. The van der Waals surface area contributed by atoms with Crippen LogP contribution in [0.2, 0.25) is 5.15 Å². The highest BCUT2D eigenvalue weighted by molar-refractivity contribution is 6.30. The van der Waals surface area contributed by atoms with Gasteiger partial charge in [0.1, 0.15) is 11.0 Å². The molecule has 1 aliphatic rings. The highest BCUT2D eigenvalue weighted by Crippen LogP contribution is 2.25. The standard InChI is InChI=1S/C18H26ClN5/c1-13(2)17-15(18(19)23(3)22-17)12-20-10-14-6-7-16(21-11-14)24-8-4-5-9-24/h6-7,11,13,20H,4-5,8-10,12H2,1-3H3. The molecule has 0 amide bonds. The molecule has 24 heavy (non-hydrogen) atoms. The van der Waals surface area contributed by atoms with Crippen molar-refractivity contribution in [3.63, 3.8) is 0 Å². The van der Waals surface area contributed by atoms with E-state index in [0.29, 0.717) is 17.6 Å². The molecule has 0 bridgehead atoms. The number of pyridine rings is 1. The quantitative estimate of drug-likeness (QED) is 0.869. The Morgan fingerprint density at radius 2 is 1.96 bits per heavy atom. The van der Waals surface area contributed by atoms with Crippen molar-refractivity contribution in [2.45, 2.75) is 45.7 Å². The fraction of sp³-hybridized carbons (Fsp3) is 0.556. The van der Waals surface area contributed by atoms with E-state index in [1.165, 1.54) is 18.4 Å². The van der Waals surface area contributed by atoms with Crippen LogP contribution in [0.15, 0.2) is 18.3 Å². The molecule has 0 spiro atoms. The van der Waals surface area contributed by atoms with Crippen LogP contribution in [0.4, 0.5) is 5.82 Å². The summed E-state index contributed by atoms with van der Waals surface area (Å²) in [6.07, 6.45) is 4.51. The molecule has 3 heterocycles. The molecule has 130 valence electrons. The lowest BCUT2D eigenvalue weighted by molar-refractivity contribution is 0.676. The topological polar surface area (TPSA) is 46.0 Å². The van der Waals surface area contributed by atoms with Crippen LogP contribution in [0.5, 0.6) is 0 Å². The Hall–Kier alpha value is -1.59. The van der Waals surface area contributed by atoms with Crippen LogP contribution in [0, 0.1) is 0 Å². The largest absolute Gasteiger partial charge is 0.357 e. The van der Waals surface area contributed by atoms with Gasteiger partial charge in [-0.15, -0.1) is 0 Å². The Morgan fingerprint density at radius 3 is 2.58 bits per heavy atom. The molecule has 5 nitrogen and oxygen atoms in total. The maximum Gasteiger partial charge on any atom is 0.131 e. The van der Waals surface area contributed by atoms with Crippen LogP contribution in [0.1, 0.15) is 49.4 Å². The molecule has 1 fully saturated rings. The van der Waals surface area contributed by atoms with Gasteiger partial charge >= 0.3 is 0 Å². The second kappa shape index (κ2) is 7.53. The van der Waals surface area contributed by atoms with Gasteiger partial charge < -0.3 is 10.2 Å². The number of hydrogen-bond donors (Lipinski definition) is 1. The number of aryl methyl sites for hydroxylation is 1. The molecule has 2 aromatic rings. The van der Waals surface area contributed by atoms with Gasteiger partial charge in [-0.1, -0.05) is 31.5 Å². The molecule has 0 radical (unpaired) electrons. The fourth-order valence-electron chi connectivity index (χ4n) is 3.18. The van der Waals surface area contributed by atoms with E-state index in [2.05, 4.69) is 46.3 Å². The van der Waals surface area contributed by atoms with Gasteiger partial charge in [0.25, 0.3) is 0 Å². The average molecular weight is 348 g/mol. The minimum atomic E-state index is 0.363. The second-order valence-electron chi connectivity index (χ2n) is 6.76. The molecule has 0 aliphatic carbocycles. The zero-order chi connectivity index (χ0) is 17.1. The first-order valence-electron chi connectivity index (χ1n) is 8.68. The van der Waals surface area contributed by atoms with Gasteiger partial charge in [-0.2, -0.15) is 5.10 Å². The summed E-state index contributed by atoms with van der Waals surface area (Å²) < 4.78 is 1.75. The molecule has 3 rings (SSSR count). The molecule has 1 aliphatic heterocycles. The predicted molar refractivity (Wildman–Crippen MR) is 98.5 cm³/mol. The molecule has 0 atom stereocenters. The Morgan fingerprint density at radius 1 is 1.21 bits per heavy atom. The van der Waals surface area contributed by atoms with E-state index >= 15 is 0 Å². The summed E-state index contributed by atoms with van der Waals surface area (Å²) in [5, 5.41) is 8.70. The second-order valence-corrected chi connectivity index (χ2v) is 7.11. The van der Waals surface area contributed by atoms with Gasteiger partial charge in [0, 0.05) is 45.0 Å². The third-order valence-corrected chi connectivity index (χ3v) is 4.99. The van der Waals surface area contributed by atoms with E-state index in [-0.39, 0.29) is 0 Å². The zero-order valence-corrected chi connectivity index (χ0v) is 15.5. The van der Waals surface area contributed by atoms with Crippen molar-refractivity contribution in [1.82, 2.24) is 20.1 Å². The number of halogens is 1. The SMILES string of the molecule is CC(C)c1nn(C)c(Cl)c1CNCc1ccc(N2CCCC2)nc1. The lowest BCUT2D eigenvalue weighted by Crippen LogP contribution is -2.19. The summed E-state index contributed by atoms with van der Waals surface area (Å²) in [5.41, 5.74) is 3.34. The molecule has 2 aromatic heterocycles. The van der Waals surface area contributed by atoms with Crippen molar-refractivity contribution in [3.05, 3.63) is 40.3 Å². The third kappa shape index (κ3) is 3.73. The van der Waals surface area contributed by atoms with Crippen molar-refractivity contribution >= 4 is 17.4 Å². The molecule has 0 unspecified atom stereocenters. The molecular formula is C18H26ClN5. The molecule has 0 aromatic carbocycles. The maximum absolute atomic E-state index is 6.38. The molecular weight excluding hydrogens is 322 g/mol. The monoisotopic (exact) mass is 347 g/mol. The van der Waals surface area contributed by atoms with Crippen LogP contribution >= 0.6 is 11.6 Å². The van der Waals surface area contributed by atoms with E-state index in [0.717, 1.165) is 36.7 Å². The van der Waals surface area contributed by atoms with Gasteiger partial charge in [0.05, 0.1) is 5.69 Å². The van der Waals surface area contributed by atoms with E-state index in [1.807, 2.05) is 13.2 Å². The first kappa shape index (κ1) is 17.2. The minimum absolute atomic E-state index is 0.363.